The van der Waals surface area contributed by atoms with E-state index in [2.05, 4.69) is 20.8 Å². The zero-order valence-electron chi connectivity index (χ0n) is 18.3. The predicted molar refractivity (Wildman–Crippen MR) is 118 cm³/mol. The normalized spacial score (nSPS) is 17.5. The lowest BCUT2D eigenvalue weighted by Gasteiger charge is -2.35. The van der Waals surface area contributed by atoms with Gasteiger partial charge in [-0.3, -0.25) is 4.90 Å². The van der Waals surface area contributed by atoms with Crippen LogP contribution in [0, 0.1) is 5.82 Å². The molecule has 2 aromatic rings. The summed E-state index contributed by atoms with van der Waals surface area (Å²) in [7, 11) is -3.87. The summed E-state index contributed by atoms with van der Waals surface area (Å²) in [6.07, 6.45) is -0.706. The molecule has 6 nitrogen and oxygen atoms in total. The van der Waals surface area contributed by atoms with Crippen LogP contribution in [0.15, 0.2) is 53.4 Å². The maximum Gasteiger partial charge on any atom is 0.246 e. The molecule has 1 aliphatic heterocycles. The molecule has 170 valence electrons. The van der Waals surface area contributed by atoms with Crippen LogP contribution in [0.4, 0.5) is 4.39 Å². The number of sulfonamides is 1. The third-order valence-corrected chi connectivity index (χ3v) is 7.31. The van der Waals surface area contributed by atoms with Gasteiger partial charge in [-0.2, -0.15) is 4.31 Å². The standard InChI is InChI=1S/C23H31FN2O4S/c1-23(2,3)19-8-4-6-10-21(19)30-17-18(27)16-25-12-14-26(15-13-25)31(28,29)22-11-7-5-9-20(22)24/h4-11,18,27H,12-17H2,1-3H3. The molecule has 1 aliphatic rings. The van der Waals surface area contributed by atoms with Crippen LogP contribution in [-0.4, -0.2) is 68.2 Å². The molecule has 3 rings (SSSR count). The van der Waals surface area contributed by atoms with E-state index in [1.165, 1.54) is 22.5 Å². The summed E-state index contributed by atoms with van der Waals surface area (Å²) in [5.41, 5.74) is 1.01. The molecule has 0 spiro atoms. The Kier molecular flexibility index (Phi) is 7.36. The molecule has 1 N–H and O–H groups in total. The number of hydrogen-bond donors (Lipinski definition) is 1. The van der Waals surface area contributed by atoms with Crippen LogP contribution in [0.25, 0.3) is 0 Å². The van der Waals surface area contributed by atoms with Gasteiger partial charge in [0.2, 0.25) is 10.0 Å². The van der Waals surface area contributed by atoms with E-state index in [4.69, 9.17) is 4.74 Å². The average molecular weight is 451 g/mol. The molecule has 0 saturated carbocycles. The van der Waals surface area contributed by atoms with E-state index in [0.717, 1.165) is 17.4 Å². The van der Waals surface area contributed by atoms with Crippen LogP contribution in [0.3, 0.4) is 0 Å². The van der Waals surface area contributed by atoms with Gasteiger partial charge in [0, 0.05) is 32.7 Å². The Balaban J connectivity index is 1.52. The Labute approximate surface area is 184 Å². The highest BCUT2D eigenvalue weighted by Crippen LogP contribution is 2.31. The summed E-state index contributed by atoms with van der Waals surface area (Å²) < 4.78 is 46.6. The summed E-state index contributed by atoms with van der Waals surface area (Å²) in [5.74, 6) is 0.0166. The predicted octanol–water partition coefficient (Wildman–Crippen LogP) is 2.87. The Hall–Kier alpha value is -2.00. The van der Waals surface area contributed by atoms with Crippen LogP contribution in [0.5, 0.6) is 5.75 Å². The van der Waals surface area contributed by atoms with Gasteiger partial charge in [-0.05, 0) is 29.2 Å². The highest BCUT2D eigenvalue weighted by Gasteiger charge is 2.31. The van der Waals surface area contributed by atoms with Gasteiger partial charge in [0.25, 0.3) is 0 Å². The molecule has 1 unspecified atom stereocenters. The Morgan fingerprint density at radius 1 is 1.03 bits per heavy atom. The van der Waals surface area contributed by atoms with E-state index in [1.807, 2.05) is 29.2 Å². The molecular formula is C23H31FN2O4S. The first-order valence-electron chi connectivity index (χ1n) is 10.5. The molecule has 0 bridgehead atoms. The number of piperazine rings is 1. The fourth-order valence-corrected chi connectivity index (χ4v) is 5.18. The molecule has 8 heteroatoms. The minimum absolute atomic E-state index is 0.0679. The van der Waals surface area contributed by atoms with E-state index in [1.54, 1.807) is 0 Å². The van der Waals surface area contributed by atoms with Crippen LogP contribution in [-0.2, 0) is 15.4 Å². The largest absolute Gasteiger partial charge is 0.491 e. The van der Waals surface area contributed by atoms with E-state index in [-0.39, 0.29) is 30.0 Å². The molecule has 1 fully saturated rings. The Morgan fingerprint density at radius 2 is 1.65 bits per heavy atom. The fourth-order valence-electron chi connectivity index (χ4n) is 3.69. The summed E-state index contributed by atoms with van der Waals surface area (Å²) >= 11 is 0. The fraction of sp³-hybridized carbons (Fsp3) is 0.478. The van der Waals surface area contributed by atoms with E-state index in [0.29, 0.717) is 19.6 Å². The molecule has 1 atom stereocenters. The first kappa shape index (κ1) is 23.7. The topological polar surface area (TPSA) is 70.1 Å². The van der Waals surface area contributed by atoms with Crippen molar-refractivity contribution in [2.45, 2.75) is 37.2 Å². The van der Waals surface area contributed by atoms with E-state index in [9.17, 15) is 17.9 Å². The van der Waals surface area contributed by atoms with Gasteiger partial charge in [-0.15, -0.1) is 0 Å². The van der Waals surface area contributed by atoms with Gasteiger partial charge in [0.1, 0.15) is 29.2 Å². The molecule has 0 aliphatic carbocycles. The number of aliphatic hydroxyl groups is 1. The second kappa shape index (κ2) is 9.65. The maximum atomic E-state index is 14.0. The summed E-state index contributed by atoms with van der Waals surface area (Å²) in [6.45, 7) is 8.29. The van der Waals surface area contributed by atoms with Gasteiger partial charge in [-0.25, -0.2) is 12.8 Å². The van der Waals surface area contributed by atoms with Gasteiger partial charge >= 0.3 is 0 Å². The number of rotatable bonds is 7. The number of β-amino-alcohol motifs (C(OH)–C–C–N with tert-alkyl or cyclic N) is 1. The third-order valence-electron chi connectivity index (χ3n) is 5.38. The molecule has 2 aromatic carbocycles. The van der Waals surface area contributed by atoms with Crippen LogP contribution < -0.4 is 4.74 Å². The molecular weight excluding hydrogens is 419 g/mol. The summed E-state index contributed by atoms with van der Waals surface area (Å²) in [5, 5.41) is 10.4. The minimum Gasteiger partial charge on any atom is -0.491 e. The minimum atomic E-state index is -3.87. The highest BCUT2D eigenvalue weighted by atomic mass is 32.2. The second-order valence-corrected chi connectivity index (χ2v) is 10.8. The second-order valence-electron chi connectivity index (χ2n) is 8.85. The van der Waals surface area contributed by atoms with Crippen molar-refractivity contribution in [1.29, 1.82) is 0 Å². The van der Waals surface area contributed by atoms with Crippen LogP contribution in [0.2, 0.25) is 0 Å². The molecule has 0 aromatic heterocycles. The van der Waals surface area contributed by atoms with Gasteiger partial charge in [0.05, 0.1) is 0 Å². The Bertz CT molecular complexity index is 983. The number of hydrogen-bond acceptors (Lipinski definition) is 5. The van der Waals surface area contributed by atoms with Crippen molar-refractivity contribution in [3.63, 3.8) is 0 Å². The molecule has 31 heavy (non-hydrogen) atoms. The average Bonchev–Trinajstić information content (AvgIpc) is 2.72. The van der Waals surface area contributed by atoms with Crippen molar-refractivity contribution in [3.8, 4) is 5.75 Å². The first-order chi connectivity index (χ1) is 14.6. The third kappa shape index (κ3) is 5.83. The molecule has 0 radical (unpaired) electrons. The first-order valence-corrected chi connectivity index (χ1v) is 11.9. The number of ether oxygens (including phenoxy) is 1. The van der Waals surface area contributed by atoms with E-state index >= 15 is 0 Å². The molecule has 0 amide bonds. The van der Waals surface area contributed by atoms with Gasteiger partial charge in [-0.1, -0.05) is 51.1 Å². The SMILES string of the molecule is CC(C)(C)c1ccccc1OCC(O)CN1CCN(S(=O)(=O)c2ccccc2F)CC1. The monoisotopic (exact) mass is 450 g/mol. The Morgan fingerprint density at radius 3 is 2.29 bits per heavy atom. The number of para-hydroxylation sites is 1. The van der Waals surface area contributed by atoms with Crippen LogP contribution in [0.1, 0.15) is 26.3 Å². The zero-order chi connectivity index (χ0) is 22.6. The van der Waals surface area contributed by atoms with Crippen molar-refractivity contribution in [2.24, 2.45) is 0 Å². The maximum absolute atomic E-state index is 14.0. The summed E-state index contributed by atoms with van der Waals surface area (Å²) in [6, 6.07) is 13.2. The number of aliphatic hydroxyl groups excluding tert-OH is 1. The van der Waals surface area contributed by atoms with Crippen molar-refractivity contribution in [3.05, 3.63) is 59.9 Å². The van der Waals surface area contributed by atoms with E-state index < -0.39 is 21.9 Å². The van der Waals surface area contributed by atoms with Crippen molar-refractivity contribution >= 4 is 10.0 Å². The molecule has 1 saturated heterocycles. The van der Waals surface area contributed by atoms with Crippen molar-refractivity contribution in [1.82, 2.24) is 9.21 Å². The number of benzene rings is 2. The van der Waals surface area contributed by atoms with Gasteiger partial charge in [0.15, 0.2) is 0 Å². The lowest BCUT2D eigenvalue weighted by atomic mass is 9.86. The highest BCUT2D eigenvalue weighted by molar-refractivity contribution is 7.89. The lowest BCUT2D eigenvalue weighted by molar-refractivity contribution is 0.0563. The zero-order valence-corrected chi connectivity index (χ0v) is 19.1. The summed E-state index contributed by atoms with van der Waals surface area (Å²) in [4.78, 5) is 1.70. The number of halogens is 1. The number of nitrogens with zero attached hydrogens (tertiary/aromatic N) is 2. The smallest absolute Gasteiger partial charge is 0.246 e. The lowest BCUT2D eigenvalue weighted by Crippen LogP contribution is -2.50. The van der Waals surface area contributed by atoms with Crippen molar-refractivity contribution in [2.75, 3.05) is 39.3 Å². The van der Waals surface area contributed by atoms with Crippen molar-refractivity contribution < 1.29 is 22.7 Å². The van der Waals surface area contributed by atoms with Gasteiger partial charge < -0.3 is 9.84 Å². The quantitative estimate of drug-likeness (QED) is 0.703. The van der Waals surface area contributed by atoms with Crippen LogP contribution >= 0.6 is 0 Å². The molecule has 1 heterocycles.